The summed E-state index contributed by atoms with van der Waals surface area (Å²) in [6.07, 6.45) is 5.36. The van der Waals surface area contributed by atoms with Gasteiger partial charge in [-0.05, 0) is 30.5 Å². The molecule has 1 aromatic rings. The molecule has 0 saturated heterocycles. The minimum atomic E-state index is 0. The molecule has 19 heavy (non-hydrogen) atoms. The van der Waals surface area contributed by atoms with Crippen molar-refractivity contribution in [2.24, 2.45) is 0 Å². The second-order valence-corrected chi connectivity index (χ2v) is 4.89. The molecule has 2 rings (SSSR count). The Morgan fingerprint density at radius 3 is 2.42 bits per heavy atom. The third-order valence-corrected chi connectivity index (χ3v) is 3.73. The third-order valence-electron chi connectivity index (χ3n) is 3.73. The van der Waals surface area contributed by atoms with Gasteiger partial charge < -0.3 is 14.8 Å². The van der Waals surface area contributed by atoms with Crippen LogP contribution in [0.25, 0.3) is 0 Å². The molecular weight excluding hydrogens is 262 g/mol. The van der Waals surface area contributed by atoms with Gasteiger partial charge in [0.25, 0.3) is 0 Å². The van der Waals surface area contributed by atoms with Crippen molar-refractivity contribution in [3.05, 3.63) is 29.8 Å². The number of hydrogen-bond acceptors (Lipinski definition) is 3. The number of nitrogens with one attached hydrogen (secondary N) is 1. The molecule has 1 aliphatic carbocycles. The highest BCUT2D eigenvalue weighted by atomic mass is 35.5. The molecule has 0 aromatic heterocycles. The number of benzene rings is 1. The lowest BCUT2D eigenvalue weighted by atomic mass is 9.92. The fraction of sp³-hybridized carbons (Fsp3) is 0.600. The Morgan fingerprint density at radius 2 is 1.79 bits per heavy atom. The Balaban J connectivity index is 0.00000180. The number of rotatable bonds is 5. The van der Waals surface area contributed by atoms with E-state index < -0.39 is 0 Å². The molecule has 1 aliphatic rings. The fourth-order valence-corrected chi connectivity index (χ4v) is 2.60. The maximum Gasteiger partial charge on any atom is 0.118 e. The summed E-state index contributed by atoms with van der Waals surface area (Å²) in [6, 6.07) is 8.72. The first kappa shape index (κ1) is 16.3. The molecule has 108 valence electrons. The molecule has 0 spiro atoms. The summed E-state index contributed by atoms with van der Waals surface area (Å²) in [4.78, 5) is 0. The summed E-state index contributed by atoms with van der Waals surface area (Å²) in [7, 11) is 3.51. The third kappa shape index (κ3) is 4.68. The molecule has 4 heteroatoms. The SMILES string of the molecule is COc1ccc(CNC2CCCCC2OC)cc1.Cl. The van der Waals surface area contributed by atoms with Crippen molar-refractivity contribution in [2.45, 2.75) is 44.4 Å². The average Bonchev–Trinajstić information content (AvgIpc) is 2.46. The van der Waals surface area contributed by atoms with Gasteiger partial charge in [-0.15, -0.1) is 12.4 Å². The van der Waals surface area contributed by atoms with Crippen LogP contribution in [-0.4, -0.2) is 26.4 Å². The Labute approximate surface area is 122 Å². The van der Waals surface area contributed by atoms with Crippen LogP contribution >= 0.6 is 12.4 Å². The smallest absolute Gasteiger partial charge is 0.118 e. The van der Waals surface area contributed by atoms with Gasteiger partial charge in [0.2, 0.25) is 0 Å². The Bertz CT molecular complexity index is 356. The quantitative estimate of drug-likeness (QED) is 0.901. The zero-order valence-corrected chi connectivity index (χ0v) is 12.5. The summed E-state index contributed by atoms with van der Waals surface area (Å²) in [5.74, 6) is 0.909. The Hall–Kier alpha value is -0.770. The largest absolute Gasteiger partial charge is 0.497 e. The highest BCUT2D eigenvalue weighted by Crippen LogP contribution is 2.21. The molecule has 3 nitrogen and oxygen atoms in total. The number of hydrogen-bond donors (Lipinski definition) is 1. The topological polar surface area (TPSA) is 30.5 Å². The summed E-state index contributed by atoms with van der Waals surface area (Å²) < 4.78 is 10.7. The highest BCUT2D eigenvalue weighted by Gasteiger charge is 2.23. The molecule has 1 saturated carbocycles. The van der Waals surface area contributed by atoms with E-state index in [0.29, 0.717) is 12.1 Å². The van der Waals surface area contributed by atoms with E-state index >= 15 is 0 Å². The predicted molar refractivity (Wildman–Crippen MR) is 80.1 cm³/mol. The van der Waals surface area contributed by atoms with Crippen LogP contribution in [0.15, 0.2) is 24.3 Å². The molecule has 0 radical (unpaired) electrons. The van der Waals surface area contributed by atoms with E-state index in [9.17, 15) is 0 Å². The van der Waals surface area contributed by atoms with Gasteiger partial charge in [0.05, 0.1) is 13.2 Å². The Kier molecular flexibility index (Phi) is 7.21. The van der Waals surface area contributed by atoms with Gasteiger partial charge in [0.15, 0.2) is 0 Å². The van der Waals surface area contributed by atoms with E-state index in [1.165, 1.54) is 31.2 Å². The van der Waals surface area contributed by atoms with E-state index in [0.717, 1.165) is 12.3 Å². The van der Waals surface area contributed by atoms with Gasteiger partial charge in [-0.3, -0.25) is 0 Å². The maximum absolute atomic E-state index is 5.55. The van der Waals surface area contributed by atoms with Gasteiger partial charge in [-0.25, -0.2) is 0 Å². The summed E-state index contributed by atoms with van der Waals surface area (Å²) in [5.41, 5.74) is 1.29. The van der Waals surface area contributed by atoms with Crippen molar-refractivity contribution in [3.8, 4) is 5.75 Å². The zero-order chi connectivity index (χ0) is 12.8. The number of halogens is 1. The zero-order valence-electron chi connectivity index (χ0n) is 11.7. The molecular formula is C15H24ClNO2. The average molecular weight is 286 g/mol. The van der Waals surface area contributed by atoms with E-state index in [2.05, 4.69) is 17.4 Å². The van der Waals surface area contributed by atoms with Gasteiger partial charge in [0.1, 0.15) is 5.75 Å². The van der Waals surface area contributed by atoms with Gasteiger partial charge in [-0.2, -0.15) is 0 Å². The molecule has 2 atom stereocenters. The van der Waals surface area contributed by atoms with Crippen molar-refractivity contribution < 1.29 is 9.47 Å². The van der Waals surface area contributed by atoms with Crippen molar-refractivity contribution >= 4 is 12.4 Å². The summed E-state index contributed by atoms with van der Waals surface area (Å²) in [5, 5.41) is 3.61. The first-order valence-corrected chi connectivity index (χ1v) is 6.72. The first-order valence-electron chi connectivity index (χ1n) is 6.72. The van der Waals surface area contributed by atoms with Crippen molar-refractivity contribution in [1.82, 2.24) is 5.32 Å². The van der Waals surface area contributed by atoms with Crippen molar-refractivity contribution in [1.29, 1.82) is 0 Å². The molecule has 0 amide bonds. The van der Waals surface area contributed by atoms with E-state index in [1.807, 2.05) is 19.2 Å². The van der Waals surface area contributed by atoms with E-state index in [1.54, 1.807) is 7.11 Å². The van der Waals surface area contributed by atoms with Crippen LogP contribution < -0.4 is 10.1 Å². The van der Waals surface area contributed by atoms with Gasteiger partial charge in [0, 0.05) is 19.7 Å². The van der Waals surface area contributed by atoms with Crippen LogP contribution in [0.5, 0.6) is 5.75 Å². The van der Waals surface area contributed by atoms with E-state index in [-0.39, 0.29) is 12.4 Å². The molecule has 2 unspecified atom stereocenters. The minimum Gasteiger partial charge on any atom is -0.497 e. The molecule has 0 heterocycles. The maximum atomic E-state index is 5.55. The Morgan fingerprint density at radius 1 is 1.11 bits per heavy atom. The molecule has 1 N–H and O–H groups in total. The van der Waals surface area contributed by atoms with Crippen LogP contribution in [0, 0.1) is 0 Å². The molecule has 0 bridgehead atoms. The number of ether oxygens (including phenoxy) is 2. The van der Waals surface area contributed by atoms with Crippen molar-refractivity contribution in [3.63, 3.8) is 0 Å². The monoisotopic (exact) mass is 285 g/mol. The number of methoxy groups -OCH3 is 2. The molecule has 1 aromatic carbocycles. The summed E-state index contributed by atoms with van der Waals surface area (Å²) in [6.45, 7) is 0.897. The molecule has 1 fully saturated rings. The molecule has 0 aliphatic heterocycles. The van der Waals surface area contributed by atoms with Gasteiger partial charge in [-0.1, -0.05) is 25.0 Å². The summed E-state index contributed by atoms with van der Waals surface area (Å²) >= 11 is 0. The lowest BCUT2D eigenvalue weighted by Crippen LogP contribution is -2.42. The van der Waals surface area contributed by atoms with Gasteiger partial charge >= 0.3 is 0 Å². The van der Waals surface area contributed by atoms with Crippen LogP contribution in [0.1, 0.15) is 31.2 Å². The van der Waals surface area contributed by atoms with E-state index in [4.69, 9.17) is 9.47 Å². The van der Waals surface area contributed by atoms with Crippen LogP contribution in [0.3, 0.4) is 0 Å². The second-order valence-electron chi connectivity index (χ2n) is 4.89. The van der Waals surface area contributed by atoms with Crippen LogP contribution in [0.2, 0.25) is 0 Å². The normalized spacial score (nSPS) is 22.6. The van der Waals surface area contributed by atoms with Crippen LogP contribution in [-0.2, 0) is 11.3 Å². The van der Waals surface area contributed by atoms with Crippen molar-refractivity contribution in [2.75, 3.05) is 14.2 Å². The van der Waals surface area contributed by atoms with Crippen LogP contribution in [0.4, 0.5) is 0 Å². The first-order chi connectivity index (χ1) is 8.83. The lowest BCUT2D eigenvalue weighted by Gasteiger charge is -2.31. The second kappa shape index (κ2) is 8.41. The highest BCUT2D eigenvalue weighted by molar-refractivity contribution is 5.85. The lowest BCUT2D eigenvalue weighted by molar-refractivity contribution is 0.0413. The fourth-order valence-electron chi connectivity index (χ4n) is 2.60. The minimum absolute atomic E-state index is 0. The predicted octanol–water partition coefficient (Wildman–Crippen LogP) is 3.16. The standard InChI is InChI=1S/C15H23NO2.ClH/c1-17-13-9-7-12(8-10-13)11-16-14-5-3-4-6-15(14)18-2;/h7-10,14-16H,3-6,11H2,1-2H3;1H.